The Morgan fingerprint density at radius 1 is 0.969 bits per heavy atom. The Hall–Kier alpha value is -3.31. The lowest BCUT2D eigenvalue weighted by atomic mass is 9.78. The van der Waals surface area contributed by atoms with Crippen molar-refractivity contribution in [3.63, 3.8) is 0 Å². The van der Waals surface area contributed by atoms with Crippen molar-refractivity contribution < 1.29 is 13.9 Å². The highest BCUT2D eigenvalue weighted by atomic mass is 35.5. The van der Waals surface area contributed by atoms with Gasteiger partial charge in [0.15, 0.2) is 5.78 Å². The minimum Gasteiger partial charge on any atom is -0.497 e. The number of ketones is 1. The van der Waals surface area contributed by atoms with Gasteiger partial charge >= 0.3 is 0 Å². The van der Waals surface area contributed by atoms with Crippen LogP contribution in [0.15, 0.2) is 78.0 Å². The number of halogens is 2. The Bertz CT molecular complexity index is 1200. The fourth-order valence-corrected chi connectivity index (χ4v) is 4.96. The van der Waals surface area contributed by atoms with Crippen molar-refractivity contribution in [2.45, 2.75) is 24.8 Å². The Balaban J connectivity index is 1.61. The van der Waals surface area contributed by atoms with Gasteiger partial charge in [-0.25, -0.2) is 4.39 Å². The maximum atomic E-state index is 14.7. The van der Waals surface area contributed by atoms with Gasteiger partial charge in [-0.15, -0.1) is 0 Å². The van der Waals surface area contributed by atoms with Crippen molar-refractivity contribution >= 4 is 28.8 Å². The number of Topliss-reactive ketones (excluding diaryl/α,β-unsaturated/α-hetero) is 1. The van der Waals surface area contributed by atoms with Gasteiger partial charge in [-0.3, -0.25) is 4.79 Å². The van der Waals surface area contributed by atoms with E-state index in [0.29, 0.717) is 22.6 Å². The number of fused-ring (bicyclic) bond motifs is 1. The summed E-state index contributed by atoms with van der Waals surface area (Å²) in [5, 5.41) is 7.35. The zero-order valence-corrected chi connectivity index (χ0v) is 18.2. The van der Waals surface area contributed by atoms with E-state index in [1.165, 1.54) is 6.07 Å². The Kier molecular flexibility index (Phi) is 5.35. The molecule has 2 N–H and O–H groups in total. The predicted octanol–water partition coefficient (Wildman–Crippen LogP) is 6.47. The molecule has 0 spiro atoms. The minimum atomic E-state index is -0.377. The third-order valence-electron chi connectivity index (χ3n) is 6.17. The number of ether oxygens (including phenoxy) is 1. The number of para-hydroxylation sites is 2. The molecule has 0 saturated carbocycles. The van der Waals surface area contributed by atoms with Gasteiger partial charge in [0.2, 0.25) is 0 Å². The second kappa shape index (κ2) is 8.32. The molecule has 0 unspecified atom stereocenters. The first-order valence-corrected chi connectivity index (χ1v) is 10.9. The number of hydrogen-bond donors (Lipinski definition) is 2. The number of carbonyl (C=O) groups excluding carboxylic acids is 1. The molecule has 0 saturated heterocycles. The molecular weight excluding hydrogens is 427 g/mol. The van der Waals surface area contributed by atoms with E-state index in [1.807, 2.05) is 48.5 Å². The Morgan fingerprint density at radius 2 is 1.72 bits per heavy atom. The molecule has 162 valence electrons. The van der Waals surface area contributed by atoms with Crippen LogP contribution < -0.4 is 15.4 Å². The van der Waals surface area contributed by atoms with Crippen LogP contribution in [-0.2, 0) is 4.79 Å². The molecule has 32 heavy (non-hydrogen) atoms. The van der Waals surface area contributed by atoms with Crippen molar-refractivity contribution in [1.29, 1.82) is 0 Å². The number of methoxy groups -OCH3 is 1. The third-order valence-corrected chi connectivity index (χ3v) is 6.50. The molecule has 2 aliphatic rings. The highest BCUT2D eigenvalue weighted by molar-refractivity contribution is 6.31. The van der Waals surface area contributed by atoms with Crippen molar-refractivity contribution in [3.8, 4) is 5.75 Å². The third kappa shape index (κ3) is 3.63. The van der Waals surface area contributed by atoms with Crippen LogP contribution in [0.1, 0.15) is 35.9 Å². The van der Waals surface area contributed by atoms with Crippen molar-refractivity contribution in [2.24, 2.45) is 0 Å². The molecule has 0 aromatic heterocycles. The van der Waals surface area contributed by atoms with Crippen molar-refractivity contribution in [3.05, 3.63) is 100.0 Å². The van der Waals surface area contributed by atoms with E-state index in [1.54, 1.807) is 19.2 Å². The fraction of sp³-hybridized carbons (Fsp3) is 0.192. The molecule has 3 aromatic rings. The van der Waals surface area contributed by atoms with Crippen LogP contribution in [0.3, 0.4) is 0 Å². The molecule has 0 radical (unpaired) electrons. The van der Waals surface area contributed by atoms with E-state index >= 15 is 0 Å². The molecule has 3 aromatic carbocycles. The Morgan fingerprint density at radius 3 is 2.44 bits per heavy atom. The molecule has 4 nitrogen and oxygen atoms in total. The summed E-state index contributed by atoms with van der Waals surface area (Å²) in [7, 11) is 1.62. The molecule has 2 atom stereocenters. The van der Waals surface area contributed by atoms with Crippen molar-refractivity contribution in [2.75, 3.05) is 17.7 Å². The number of nitrogens with one attached hydrogen (secondary N) is 2. The molecule has 0 fully saturated rings. The number of anilines is 2. The van der Waals surface area contributed by atoms with E-state index in [0.717, 1.165) is 28.4 Å². The van der Waals surface area contributed by atoms with Crippen LogP contribution in [0, 0.1) is 5.82 Å². The molecule has 5 rings (SSSR count). The normalized spacial score (nSPS) is 19.9. The molecule has 1 aliphatic heterocycles. The van der Waals surface area contributed by atoms with Gasteiger partial charge in [0.25, 0.3) is 0 Å². The van der Waals surface area contributed by atoms with E-state index in [-0.39, 0.29) is 30.0 Å². The quantitative estimate of drug-likeness (QED) is 0.482. The van der Waals surface area contributed by atoms with Crippen LogP contribution in [0.4, 0.5) is 15.8 Å². The highest BCUT2D eigenvalue weighted by Gasteiger charge is 2.37. The van der Waals surface area contributed by atoms with Gasteiger partial charge in [-0.05, 0) is 48.4 Å². The summed E-state index contributed by atoms with van der Waals surface area (Å²) >= 11 is 6.34. The zero-order chi connectivity index (χ0) is 22.2. The first kappa shape index (κ1) is 20.6. The maximum Gasteiger partial charge on any atom is 0.163 e. The predicted molar refractivity (Wildman–Crippen MR) is 125 cm³/mol. The van der Waals surface area contributed by atoms with Crippen LogP contribution in [0.25, 0.3) is 0 Å². The van der Waals surface area contributed by atoms with E-state index < -0.39 is 0 Å². The summed E-state index contributed by atoms with van der Waals surface area (Å²) in [5.74, 6) is 0.0194. The summed E-state index contributed by atoms with van der Waals surface area (Å²) in [4.78, 5) is 13.5. The molecule has 1 aliphatic carbocycles. The highest BCUT2D eigenvalue weighted by Crippen LogP contribution is 2.45. The number of hydrogen-bond acceptors (Lipinski definition) is 4. The average molecular weight is 449 g/mol. The van der Waals surface area contributed by atoms with Crippen molar-refractivity contribution in [1.82, 2.24) is 0 Å². The summed E-state index contributed by atoms with van der Waals surface area (Å²) in [6, 6.07) is 19.8. The number of benzene rings is 3. The summed E-state index contributed by atoms with van der Waals surface area (Å²) < 4.78 is 20.0. The number of allylic oxidation sites excluding steroid dienone is 1. The molecule has 1 heterocycles. The zero-order valence-electron chi connectivity index (χ0n) is 17.5. The molecule has 0 bridgehead atoms. The lowest BCUT2D eigenvalue weighted by Gasteiger charge is -2.30. The van der Waals surface area contributed by atoms with Crippen LogP contribution in [-0.4, -0.2) is 12.9 Å². The second-order valence-electron chi connectivity index (χ2n) is 8.08. The number of carbonyl (C=O) groups is 1. The fourth-order valence-electron chi connectivity index (χ4n) is 4.64. The minimum absolute atomic E-state index is 0.0239. The lowest BCUT2D eigenvalue weighted by molar-refractivity contribution is -0.116. The van der Waals surface area contributed by atoms with Crippen LogP contribution >= 0.6 is 11.6 Å². The maximum absolute atomic E-state index is 14.7. The van der Waals surface area contributed by atoms with Gasteiger partial charge in [0.05, 0.1) is 24.5 Å². The molecular formula is C26H22ClFN2O2. The first-order chi connectivity index (χ1) is 15.5. The smallest absolute Gasteiger partial charge is 0.163 e. The summed E-state index contributed by atoms with van der Waals surface area (Å²) in [6.45, 7) is 0. The van der Waals surface area contributed by atoms with Crippen LogP contribution in [0.2, 0.25) is 5.02 Å². The number of rotatable bonds is 3. The average Bonchev–Trinajstić information content (AvgIpc) is 2.96. The topological polar surface area (TPSA) is 50.4 Å². The standard InChI is InChI=1S/C26H22ClFN2O2/c1-32-17-11-9-15(10-12-17)26-25-22(29-20-7-2-3-8-21(20)30-26)13-16(14-23(25)31)24-18(27)5-4-6-19(24)28/h2-12,16,26,29-30H,13-14H2,1H3/t16-,26-/m1/s1. The van der Waals surface area contributed by atoms with Gasteiger partial charge in [-0.2, -0.15) is 0 Å². The van der Waals surface area contributed by atoms with Gasteiger partial charge in [-0.1, -0.05) is 41.9 Å². The summed E-state index contributed by atoms with van der Waals surface area (Å²) in [5.41, 5.74) is 4.61. The second-order valence-corrected chi connectivity index (χ2v) is 8.48. The summed E-state index contributed by atoms with van der Waals surface area (Å²) in [6.07, 6.45) is 0.691. The van der Waals surface area contributed by atoms with E-state index in [4.69, 9.17) is 16.3 Å². The lowest BCUT2D eigenvalue weighted by Crippen LogP contribution is -2.27. The monoisotopic (exact) mass is 448 g/mol. The van der Waals surface area contributed by atoms with E-state index in [9.17, 15) is 9.18 Å². The largest absolute Gasteiger partial charge is 0.497 e. The van der Waals surface area contributed by atoms with Gasteiger partial charge in [0, 0.05) is 34.2 Å². The first-order valence-electron chi connectivity index (χ1n) is 10.5. The van der Waals surface area contributed by atoms with Gasteiger partial charge < -0.3 is 15.4 Å². The molecule has 6 heteroatoms. The van der Waals surface area contributed by atoms with Crippen LogP contribution in [0.5, 0.6) is 5.75 Å². The Labute approximate surface area is 191 Å². The van der Waals surface area contributed by atoms with Gasteiger partial charge in [0.1, 0.15) is 11.6 Å². The van der Waals surface area contributed by atoms with E-state index in [2.05, 4.69) is 10.6 Å². The SMILES string of the molecule is COc1ccc([C@H]2Nc3ccccc3NC3=C2C(=O)C[C@H](c2c(F)cccc2Cl)C3)cc1. The molecule has 0 amide bonds.